The number of unbranched alkanes of at least 4 members (excludes halogenated alkanes) is 2. The Morgan fingerprint density at radius 3 is 2.67 bits per heavy atom. The smallest absolute Gasteiger partial charge is 0.322 e. The predicted molar refractivity (Wildman–Crippen MR) is 134 cm³/mol. The highest BCUT2D eigenvalue weighted by Crippen LogP contribution is 2.39. The number of nitrogens with zero attached hydrogens (tertiary/aromatic N) is 3. The minimum atomic E-state index is -0.444. The number of allylic oxidation sites excluding steroid dienone is 1. The summed E-state index contributed by atoms with van der Waals surface area (Å²) in [6.45, 7) is 7.42. The van der Waals surface area contributed by atoms with E-state index in [2.05, 4.69) is 17.4 Å². The van der Waals surface area contributed by atoms with Crippen LogP contribution in [-0.4, -0.2) is 41.0 Å². The van der Waals surface area contributed by atoms with Crippen LogP contribution in [0.5, 0.6) is 17.2 Å². The number of hydrogen-bond donors (Lipinski definition) is 1. The third kappa shape index (κ3) is 4.60. The van der Waals surface area contributed by atoms with Crippen molar-refractivity contribution >= 4 is 11.6 Å². The van der Waals surface area contributed by atoms with Gasteiger partial charge in [-0.15, -0.1) is 0 Å². The second kappa shape index (κ2) is 10.3. The van der Waals surface area contributed by atoms with Crippen molar-refractivity contribution in [2.45, 2.75) is 46.1 Å². The zero-order chi connectivity index (χ0) is 25.1. The first-order valence-electron chi connectivity index (χ1n) is 12.3. The van der Waals surface area contributed by atoms with Gasteiger partial charge in [0.2, 0.25) is 12.6 Å². The summed E-state index contributed by atoms with van der Waals surface area (Å²) in [5, 5.41) is 7.39. The molecule has 2 amide bonds. The molecule has 0 radical (unpaired) electrons. The number of ether oxygens (including phenoxy) is 3. The Balaban J connectivity index is 1.52. The van der Waals surface area contributed by atoms with Gasteiger partial charge in [0.1, 0.15) is 5.75 Å². The Labute approximate surface area is 210 Å². The van der Waals surface area contributed by atoms with Crippen LogP contribution in [0.4, 0.5) is 4.79 Å². The zero-order valence-electron chi connectivity index (χ0n) is 20.7. The molecule has 1 atom stereocenters. The number of fused-ring (bicyclic) bond motifs is 1. The van der Waals surface area contributed by atoms with Gasteiger partial charge < -0.3 is 24.1 Å². The second-order valence-electron chi connectivity index (χ2n) is 8.73. The molecule has 0 bridgehead atoms. The van der Waals surface area contributed by atoms with Gasteiger partial charge in [-0.25, -0.2) is 4.79 Å². The van der Waals surface area contributed by atoms with Crippen LogP contribution < -0.4 is 19.5 Å². The summed E-state index contributed by atoms with van der Waals surface area (Å²) in [7, 11) is 0. The molecule has 0 fully saturated rings. The van der Waals surface area contributed by atoms with Gasteiger partial charge >= 0.3 is 6.03 Å². The van der Waals surface area contributed by atoms with Gasteiger partial charge in [0, 0.05) is 17.8 Å². The number of urea groups is 1. The molecule has 3 aromatic rings. The Kier molecular flexibility index (Phi) is 6.79. The maximum atomic E-state index is 13.1. The number of rotatable bonds is 9. The summed E-state index contributed by atoms with van der Waals surface area (Å²) < 4.78 is 22.3. The maximum absolute atomic E-state index is 13.1. The van der Waals surface area contributed by atoms with E-state index in [9.17, 15) is 4.79 Å². The summed E-state index contributed by atoms with van der Waals surface area (Å²) in [6, 6.07) is 12.7. The molecule has 9 heteroatoms. The molecule has 0 spiro atoms. The number of carbonyl (C=O) groups excluding carboxylic acids is 1. The van der Waals surface area contributed by atoms with Gasteiger partial charge in [0.15, 0.2) is 11.5 Å². The van der Waals surface area contributed by atoms with Gasteiger partial charge in [-0.1, -0.05) is 37.1 Å². The van der Waals surface area contributed by atoms with Gasteiger partial charge in [0.25, 0.3) is 5.89 Å². The van der Waals surface area contributed by atoms with Crippen molar-refractivity contribution in [3.8, 4) is 28.6 Å². The van der Waals surface area contributed by atoms with Crippen LogP contribution in [0.1, 0.15) is 57.5 Å². The molecular weight excluding hydrogens is 460 g/mol. The number of aromatic nitrogens is 2. The Bertz CT molecular complexity index is 1270. The minimum Gasteiger partial charge on any atom is -0.494 e. The molecule has 1 unspecified atom stereocenters. The molecule has 0 saturated heterocycles. The number of nitrogens with one attached hydrogen (secondary N) is 1. The average Bonchev–Trinajstić information content (AvgIpc) is 3.56. The van der Waals surface area contributed by atoms with E-state index >= 15 is 0 Å². The van der Waals surface area contributed by atoms with Crippen LogP contribution in [-0.2, 0) is 0 Å². The molecule has 36 heavy (non-hydrogen) atoms. The first-order valence-corrected chi connectivity index (χ1v) is 12.3. The molecule has 3 heterocycles. The first-order chi connectivity index (χ1) is 17.6. The van der Waals surface area contributed by atoms with E-state index in [1.54, 1.807) is 4.90 Å². The molecule has 2 aromatic carbocycles. The van der Waals surface area contributed by atoms with Crippen molar-refractivity contribution in [3.63, 3.8) is 0 Å². The lowest BCUT2D eigenvalue weighted by atomic mass is 9.94. The summed E-state index contributed by atoms with van der Waals surface area (Å²) in [6.07, 6.45) is 3.03. The minimum absolute atomic E-state index is 0.137. The molecule has 9 nitrogen and oxygen atoms in total. The van der Waals surface area contributed by atoms with Crippen molar-refractivity contribution in [2.75, 3.05) is 19.9 Å². The number of benzene rings is 2. The fraction of sp³-hybridized carbons (Fsp3) is 0.370. The summed E-state index contributed by atoms with van der Waals surface area (Å²) in [5.74, 6) is 2.90. The maximum Gasteiger partial charge on any atom is 0.322 e. The topological polar surface area (TPSA) is 99.0 Å². The van der Waals surface area contributed by atoms with E-state index < -0.39 is 6.04 Å². The van der Waals surface area contributed by atoms with Crippen LogP contribution in [0, 0.1) is 0 Å². The molecule has 1 N–H and O–H groups in total. The highest BCUT2D eigenvalue weighted by Gasteiger charge is 2.35. The monoisotopic (exact) mass is 490 g/mol. The first kappa shape index (κ1) is 23.7. The average molecular weight is 491 g/mol. The summed E-state index contributed by atoms with van der Waals surface area (Å²) >= 11 is 0. The normalized spacial score (nSPS) is 16.9. The Morgan fingerprint density at radius 2 is 1.89 bits per heavy atom. The number of hydrogen-bond acceptors (Lipinski definition) is 7. The van der Waals surface area contributed by atoms with E-state index in [-0.39, 0.29) is 12.8 Å². The second-order valence-corrected chi connectivity index (χ2v) is 8.73. The van der Waals surface area contributed by atoms with Crippen molar-refractivity contribution in [1.82, 2.24) is 20.4 Å². The van der Waals surface area contributed by atoms with E-state index in [0.717, 1.165) is 47.4 Å². The highest BCUT2D eigenvalue weighted by molar-refractivity contribution is 5.87. The van der Waals surface area contributed by atoms with Gasteiger partial charge in [0.05, 0.1) is 18.2 Å². The zero-order valence-corrected chi connectivity index (χ0v) is 20.7. The van der Waals surface area contributed by atoms with Crippen molar-refractivity contribution in [1.29, 1.82) is 0 Å². The van der Waals surface area contributed by atoms with Gasteiger partial charge in [-0.3, -0.25) is 4.90 Å². The van der Waals surface area contributed by atoms with Crippen LogP contribution in [0.3, 0.4) is 0 Å². The summed E-state index contributed by atoms with van der Waals surface area (Å²) in [5.41, 5.74) is 3.23. The highest BCUT2D eigenvalue weighted by atomic mass is 16.7. The third-order valence-corrected chi connectivity index (χ3v) is 6.39. The molecule has 0 saturated carbocycles. The van der Waals surface area contributed by atoms with Crippen molar-refractivity contribution in [3.05, 3.63) is 59.6 Å². The van der Waals surface area contributed by atoms with Gasteiger partial charge in [-0.05, 0) is 56.2 Å². The van der Waals surface area contributed by atoms with E-state index in [0.29, 0.717) is 36.4 Å². The predicted octanol–water partition coefficient (Wildman–Crippen LogP) is 5.55. The van der Waals surface area contributed by atoms with E-state index in [1.165, 1.54) is 0 Å². The van der Waals surface area contributed by atoms with Crippen LogP contribution in [0.25, 0.3) is 17.0 Å². The fourth-order valence-corrected chi connectivity index (χ4v) is 4.51. The molecule has 5 rings (SSSR count). The van der Waals surface area contributed by atoms with E-state index in [4.69, 9.17) is 23.7 Å². The van der Waals surface area contributed by atoms with Crippen molar-refractivity contribution < 1.29 is 23.5 Å². The standard InChI is InChI=1S/C27H30N4O5/c1-4-6-7-14-31-17(3)23(24(28-27(31)32)18-8-11-20(12-9-18)33-5-2)26-29-25(30-36-26)19-10-13-21-22(15-19)35-16-34-21/h8-13,15,24H,4-7,14,16H2,1-3H3,(H,28,32). The van der Waals surface area contributed by atoms with Gasteiger partial charge in [-0.2, -0.15) is 4.98 Å². The Hall–Kier alpha value is -4.01. The van der Waals surface area contributed by atoms with E-state index in [1.807, 2.05) is 56.3 Å². The quantitative estimate of drug-likeness (QED) is 0.393. The number of carbonyl (C=O) groups is 1. The molecule has 0 aliphatic carbocycles. The lowest BCUT2D eigenvalue weighted by Gasteiger charge is -2.35. The largest absolute Gasteiger partial charge is 0.494 e. The van der Waals surface area contributed by atoms with Crippen LogP contribution >= 0.6 is 0 Å². The van der Waals surface area contributed by atoms with Crippen molar-refractivity contribution in [2.24, 2.45) is 0 Å². The molecule has 2 aliphatic heterocycles. The number of amides is 2. The SMILES string of the molecule is CCCCCN1C(=O)NC(c2ccc(OCC)cc2)C(c2nc(-c3ccc4c(c3)OCO4)no2)=C1C. The molecule has 188 valence electrons. The molecule has 1 aromatic heterocycles. The third-order valence-electron chi connectivity index (χ3n) is 6.39. The molecular formula is C27H30N4O5. The fourth-order valence-electron chi connectivity index (χ4n) is 4.51. The lowest BCUT2D eigenvalue weighted by molar-refractivity contribution is 0.174. The Morgan fingerprint density at radius 1 is 1.08 bits per heavy atom. The van der Waals surface area contributed by atoms with Crippen LogP contribution in [0.15, 0.2) is 52.7 Å². The van der Waals surface area contributed by atoms with Crippen LogP contribution in [0.2, 0.25) is 0 Å². The summed E-state index contributed by atoms with van der Waals surface area (Å²) in [4.78, 5) is 19.6. The lowest BCUT2D eigenvalue weighted by Crippen LogP contribution is -2.46. The molecule has 2 aliphatic rings.